The highest BCUT2D eigenvalue weighted by molar-refractivity contribution is 6.06. The van der Waals surface area contributed by atoms with Gasteiger partial charge < -0.3 is 20.1 Å². The van der Waals surface area contributed by atoms with Gasteiger partial charge in [0.05, 0.1) is 5.69 Å². The quantitative estimate of drug-likeness (QED) is 0.413. The Kier molecular flexibility index (Phi) is 6.95. The molecule has 11 heteroatoms. The van der Waals surface area contributed by atoms with E-state index in [0.717, 1.165) is 4.57 Å². The highest BCUT2D eigenvalue weighted by Crippen LogP contribution is 2.25. The Morgan fingerprint density at radius 3 is 1.94 bits per heavy atom. The molecule has 1 heterocycles. The monoisotopic (exact) mass is 466 g/mol. The molecule has 0 aliphatic heterocycles. The number of para-hydroxylation sites is 1. The van der Waals surface area contributed by atoms with Crippen LogP contribution in [0.1, 0.15) is 24.2 Å². The number of hydrogen-bond acceptors (Lipinski definition) is 8. The molecule has 2 N–H and O–H groups in total. The van der Waals surface area contributed by atoms with Gasteiger partial charge in [0.2, 0.25) is 0 Å². The number of amides is 1. The van der Waals surface area contributed by atoms with Crippen molar-refractivity contribution in [2.75, 3.05) is 17.7 Å². The van der Waals surface area contributed by atoms with Crippen LogP contribution in [0.3, 0.4) is 0 Å². The fourth-order valence-electron chi connectivity index (χ4n) is 3.22. The van der Waals surface area contributed by atoms with Crippen molar-refractivity contribution in [2.45, 2.75) is 13.8 Å². The summed E-state index contributed by atoms with van der Waals surface area (Å²) >= 11 is 0. The summed E-state index contributed by atoms with van der Waals surface area (Å²) in [4.78, 5) is 61.6. The number of benzene rings is 2. The van der Waals surface area contributed by atoms with Gasteiger partial charge in [-0.1, -0.05) is 18.2 Å². The number of anilines is 2. The van der Waals surface area contributed by atoms with Crippen molar-refractivity contribution in [2.24, 2.45) is 7.05 Å². The van der Waals surface area contributed by atoms with Gasteiger partial charge in [0.1, 0.15) is 23.0 Å². The minimum absolute atomic E-state index is 0.0348. The van der Waals surface area contributed by atoms with Gasteiger partial charge in [-0.25, -0.2) is 9.36 Å². The molecule has 0 atom stereocenters. The minimum atomic E-state index is -0.769. The first kappa shape index (κ1) is 24.0. The summed E-state index contributed by atoms with van der Waals surface area (Å²) in [6.45, 7) is 2.35. The van der Waals surface area contributed by atoms with E-state index in [2.05, 4.69) is 10.6 Å². The molecule has 0 saturated heterocycles. The first-order chi connectivity index (χ1) is 16.1. The van der Waals surface area contributed by atoms with E-state index in [1.165, 1.54) is 50.7 Å². The average Bonchev–Trinajstić information content (AvgIpc) is 2.78. The van der Waals surface area contributed by atoms with Crippen LogP contribution in [0.2, 0.25) is 0 Å². The number of rotatable bonds is 6. The molecular formula is C23H22N4O7. The number of esters is 2. The van der Waals surface area contributed by atoms with Crippen molar-refractivity contribution in [1.82, 2.24) is 9.13 Å². The molecule has 0 saturated carbocycles. The lowest BCUT2D eigenvalue weighted by molar-refractivity contribution is -0.132. The summed E-state index contributed by atoms with van der Waals surface area (Å²) in [7, 11) is 2.79. The largest absolute Gasteiger partial charge is 0.427 e. The van der Waals surface area contributed by atoms with Crippen LogP contribution < -0.4 is 31.4 Å². The first-order valence-corrected chi connectivity index (χ1v) is 10.0. The zero-order valence-electron chi connectivity index (χ0n) is 18.9. The van der Waals surface area contributed by atoms with Crippen LogP contribution in [0.4, 0.5) is 11.5 Å². The summed E-state index contributed by atoms with van der Waals surface area (Å²) in [5, 5.41) is 5.31. The topological polar surface area (TPSA) is 138 Å². The molecule has 0 radical (unpaired) electrons. The van der Waals surface area contributed by atoms with Gasteiger partial charge >= 0.3 is 17.6 Å². The van der Waals surface area contributed by atoms with E-state index in [-0.39, 0.29) is 28.6 Å². The predicted octanol–water partition coefficient (Wildman–Crippen LogP) is 1.68. The SMILES string of the molecule is CNc1c(NC(=O)c2cc(OC(C)=O)cc(OC(C)=O)c2)c(=O)n(C)c(=O)n1-c1ccccc1. The van der Waals surface area contributed by atoms with Crippen LogP contribution in [0.5, 0.6) is 11.5 Å². The van der Waals surface area contributed by atoms with E-state index in [1.54, 1.807) is 30.3 Å². The second-order valence-corrected chi connectivity index (χ2v) is 7.13. The third-order valence-corrected chi connectivity index (χ3v) is 4.61. The maximum atomic E-state index is 13.1. The molecule has 11 nitrogen and oxygen atoms in total. The molecule has 3 rings (SSSR count). The molecule has 0 bridgehead atoms. The zero-order chi connectivity index (χ0) is 25.0. The van der Waals surface area contributed by atoms with E-state index in [9.17, 15) is 24.0 Å². The standard InChI is InChI=1S/C23H22N4O7/c1-13(28)33-17-10-15(11-18(12-17)34-14(2)29)21(30)25-19-20(24-3)27(16-8-6-5-7-9-16)23(32)26(4)22(19)31/h5-12,24H,1-4H3,(H,25,30). The van der Waals surface area contributed by atoms with E-state index < -0.39 is 29.1 Å². The van der Waals surface area contributed by atoms with Crippen molar-refractivity contribution < 1.29 is 23.9 Å². The lowest BCUT2D eigenvalue weighted by Crippen LogP contribution is -2.40. The Morgan fingerprint density at radius 1 is 0.882 bits per heavy atom. The maximum absolute atomic E-state index is 13.1. The lowest BCUT2D eigenvalue weighted by atomic mass is 10.2. The fraction of sp³-hybridized carbons (Fsp3) is 0.174. The van der Waals surface area contributed by atoms with E-state index in [1.807, 2.05) is 0 Å². The molecule has 0 aliphatic carbocycles. The Balaban J connectivity index is 2.13. The third-order valence-electron chi connectivity index (χ3n) is 4.61. The average molecular weight is 466 g/mol. The summed E-state index contributed by atoms with van der Waals surface area (Å²) in [5.74, 6) is -2.07. The van der Waals surface area contributed by atoms with Gasteiger partial charge in [0.25, 0.3) is 11.5 Å². The molecule has 0 fully saturated rings. The Bertz CT molecular complexity index is 1360. The van der Waals surface area contributed by atoms with Crippen molar-refractivity contribution >= 4 is 29.4 Å². The smallest absolute Gasteiger partial charge is 0.337 e. The lowest BCUT2D eigenvalue weighted by Gasteiger charge is -2.18. The van der Waals surface area contributed by atoms with Crippen LogP contribution in [0, 0.1) is 0 Å². The summed E-state index contributed by atoms with van der Waals surface area (Å²) in [5.41, 5.74) is -1.14. The maximum Gasteiger partial charge on any atom is 0.337 e. The highest BCUT2D eigenvalue weighted by atomic mass is 16.5. The summed E-state index contributed by atoms with van der Waals surface area (Å²) in [6, 6.07) is 12.3. The van der Waals surface area contributed by atoms with Crippen molar-refractivity contribution in [3.63, 3.8) is 0 Å². The molecular weight excluding hydrogens is 444 g/mol. The molecule has 0 aliphatic rings. The van der Waals surface area contributed by atoms with E-state index in [0.29, 0.717) is 5.69 Å². The van der Waals surface area contributed by atoms with Gasteiger partial charge in [-0.05, 0) is 24.3 Å². The van der Waals surface area contributed by atoms with Gasteiger partial charge in [-0.2, -0.15) is 0 Å². The minimum Gasteiger partial charge on any atom is -0.427 e. The van der Waals surface area contributed by atoms with Gasteiger partial charge in [-0.15, -0.1) is 0 Å². The Hall–Kier alpha value is -4.67. The van der Waals surface area contributed by atoms with Crippen LogP contribution in [-0.4, -0.2) is 34.0 Å². The number of aromatic nitrogens is 2. The number of nitrogens with zero attached hydrogens (tertiary/aromatic N) is 2. The van der Waals surface area contributed by atoms with Crippen molar-refractivity contribution in [3.8, 4) is 17.2 Å². The van der Waals surface area contributed by atoms with Crippen LogP contribution in [-0.2, 0) is 16.6 Å². The van der Waals surface area contributed by atoms with Crippen LogP contribution in [0.25, 0.3) is 5.69 Å². The number of carbonyl (C=O) groups is 3. The number of nitrogens with one attached hydrogen (secondary N) is 2. The van der Waals surface area contributed by atoms with Crippen LogP contribution >= 0.6 is 0 Å². The van der Waals surface area contributed by atoms with Gasteiger partial charge in [0.15, 0.2) is 0 Å². The normalized spacial score (nSPS) is 10.4. The Morgan fingerprint density at radius 2 is 1.44 bits per heavy atom. The molecule has 2 aromatic carbocycles. The molecule has 0 unspecified atom stereocenters. The summed E-state index contributed by atoms with van der Waals surface area (Å²) < 4.78 is 12.2. The number of hydrogen-bond donors (Lipinski definition) is 2. The summed E-state index contributed by atoms with van der Waals surface area (Å²) in [6.07, 6.45) is 0. The second-order valence-electron chi connectivity index (χ2n) is 7.13. The Labute approximate surface area is 193 Å². The van der Waals surface area contributed by atoms with E-state index in [4.69, 9.17) is 9.47 Å². The number of ether oxygens (including phenoxy) is 2. The first-order valence-electron chi connectivity index (χ1n) is 10.0. The molecule has 34 heavy (non-hydrogen) atoms. The fourth-order valence-corrected chi connectivity index (χ4v) is 3.22. The third kappa shape index (κ3) is 5.04. The van der Waals surface area contributed by atoms with Crippen LogP contribution in [0.15, 0.2) is 58.1 Å². The van der Waals surface area contributed by atoms with Crippen molar-refractivity contribution in [3.05, 3.63) is 74.9 Å². The predicted molar refractivity (Wildman–Crippen MR) is 124 cm³/mol. The molecule has 3 aromatic rings. The van der Waals surface area contributed by atoms with Gasteiger partial charge in [0, 0.05) is 39.6 Å². The van der Waals surface area contributed by atoms with Crippen molar-refractivity contribution in [1.29, 1.82) is 0 Å². The second kappa shape index (κ2) is 9.86. The van der Waals surface area contributed by atoms with Gasteiger partial charge in [-0.3, -0.25) is 23.7 Å². The zero-order valence-corrected chi connectivity index (χ0v) is 18.9. The molecule has 1 amide bonds. The molecule has 0 spiro atoms. The molecule has 1 aromatic heterocycles. The molecule has 176 valence electrons. The highest BCUT2D eigenvalue weighted by Gasteiger charge is 2.21. The number of carbonyl (C=O) groups excluding carboxylic acids is 3. The van der Waals surface area contributed by atoms with E-state index >= 15 is 0 Å².